The zero-order chi connectivity index (χ0) is 18.7. The molecule has 0 saturated carbocycles. The average Bonchev–Trinajstić information content (AvgIpc) is 3.06. The van der Waals surface area contributed by atoms with E-state index in [-0.39, 0.29) is 18.8 Å². The molecule has 0 aliphatic carbocycles. The van der Waals surface area contributed by atoms with Gasteiger partial charge < -0.3 is 19.1 Å². The number of hydrogen-bond donors (Lipinski definition) is 0. The van der Waals surface area contributed by atoms with Crippen LogP contribution in [0.15, 0.2) is 24.3 Å². The van der Waals surface area contributed by atoms with Gasteiger partial charge in [0.25, 0.3) is 0 Å². The van der Waals surface area contributed by atoms with E-state index in [1.165, 1.54) is 7.11 Å². The van der Waals surface area contributed by atoms with Gasteiger partial charge in [-0.2, -0.15) is 5.10 Å². The van der Waals surface area contributed by atoms with Crippen molar-refractivity contribution in [3.05, 3.63) is 41.2 Å². The van der Waals surface area contributed by atoms with Crippen molar-refractivity contribution < 1.29 is 23.8 Å². The Bertz CT molecular complexity index is 813. The summed E-state index contributed by atoms with van der Waals surface area (Å²) in [7, 11) is 2.94. The predicted molar refractivity (Wildman–Crippen MR) is 92.6 cm³/mol. The fraction of sp³-hybridized carbons (Fsp3) is 0.389. The number of ether oxygens (including phenoxy) is 3. The summed E-state index contributed by atoms with van der Waals surface area (Å²) in [6.07, 6.45) is 0.130. The van der Waals surface area contributed by atoms with E-state index in [1.807, 2.05) is 24.3 Å². The summed E-state index contributed by atoms with van der Waals surface area (Å²) in [4.78, 5) is 25.8. The number of benzene rings is 1. The Kier molecular flexibility index (Phi) is 5.11. The molecule has 2 aromatic rings. The number of aromatic nitrogens is 2. The molecular weight excluding hydrogens is 338 g/mol. The molecule has 0 bridgehead atoms. The number of fused-ring (bicyclic) bond motifs is 1. The maximum absolute atomic E-state index is 12.4. The number of rotatable bonds is 4. The summed E-state index contributed by atoms with van der Waals surface area (Å²) >= 11 is 0. The van der Waals surface area contributed by atoms with Crippen LogP contribution in [-0.4, -0.2) is 54.1 Å². The van der Waals surface area contributed by atoms with Crippen molar-refractivity contribution in [2.45, 2.75) is 19.9 Å². The molecule has 1 aliphatic rings. The number of methoxy groups -OCH3 is 2. The van der Waals surface area contributed by atoms with Crippen molar-refractivity contribution in [1.82, 2.24) is 14.7 Å². The molecule has 3 rings (SSSR count). The first kappa shape index (κ1) is 17.8. The SMILES string of the molecule is CCOC(=O)c1nn(-c2ccc(OC)cc2)c2c1CN(C(=O)OC)CC2. The molecule has 26 heavy (non-hydrogen) atoms. The van der Waals surface area contributed by atoms with E-state index in [0.29, 0.717) is 18.5 Å². The van der Waals surface area contributed by atoms with Crippen LogP contribution in [0.25, 0.3) is 5.69 Å². The third kappa shape index (κ3) is 3.22. The lowest BCUT2D eigenvalue weighted by Gasteiger charge is -2.26. The summed E-state index contributed by atoms with van der Waals surface area (Å²) in [6.45, 7) is 2.74. The van der Waals surface area contributed by atoms with Gasteiger partial charge in [0.05, 0.1) is 38.8 Å². The molecule has 2 heterocycles. The first-order valence-corrected chi connectivity index (χ1v) is 8.34. The van der Waals surface area contributed by atoms with Gasteiger partial charge in [-0.25, -0.2) is 14.3 Å². The Hall–Kier alpha value is -3.03. The minimum absolute atomic E-state index is 0.228. The van der Waals surface area contributed by atoms with E-state index >= 15 is 0 Å². The third-order valence-electron chi connectivity index (χ3n) is 4.28. The van der Waals surface area contributed by atoms with Crippen LogP contribution in [0, 0.1) is 0 Å². The second kappa shape index (κ2) is 7.47. The van der Waals surface area contributed by atoms with Gasteiger partial charge in [-0.1, -0.05) is 0 Å². The van der Waals surface area contributed by atoms with Crippen molar-refractivity contribution in [2.75, 3.05) is 27.4 Å². The molecule has 0 fully saturated rings. The second-order valence-electron chi connectivity index (χ2n) is 5.75. The number of hydrogen-bond acceptors (Lipinski definition) is 6. The van der Waals surface area contributed by atoms with Crippen molar-refractivity contribution in [3.63, 3.8) is 0 Å². The van der Waals surface area contributed by atoms with Crippen molar-refractivity contribution in [3.8, 4) is 11.4 Å². The Morgan fingerprint density at radius 1 is 1.19 bits per heavy atom. The standard InChI is InChI=1S/C18H21N3O5/c1-4-26-17(22)16-14-11-20(18(23)25-3)10-9-15(14)21(19-16)12-5-7-13(24-2)8-6-12/h5-8H,4,9-11H2,1-3H3. The highest BCUT2D eigenvalue weighted by Gasteiger charge is 2.31. The van der Waals surface area contributed by atoms with E-state index in [2.05, 4.69) is 5.10 Å². The largest absolute Gasteiger partial charge is 0.497 e. The molecule has 1 aromatic carbocycles. The lowest BCUT2D eigenvalue weighted by molar-refractivity contribution is 0.0515. The minimum Gasteiger partial charge on any atom is -0.497 e. The van der Waals surface area contributed by atoms with Gasteiger partial charge in [0.1, 0.15) is 5.75 Å². The number of amides is 1. The van der Waals surface area contributed by atoms with Crippen LogP contribution in [0.5, 0.6) is 5.75 Å². The van der Waals surface area contributed by atoms with Crippen LogP contribution in [0.4, 0.5) is 4.79 Å². The normalized spacial score (nSPS) is 13.1. The molecule has 0 N–H and O–H groups in total. The summed E-state index contributed by atoms with van der Waals surface area (Å²) in [5, 5.41) is 4.48. The second-order valence-corrected chi connectivity index (χ2v) is 5.75. The number of esters is 1. The van der Waals surface area contributed by atoms with Gasteiger partial charge >= 0.3 is 12.1 Å². The van der Waals surface area contributed by atoms with E-state index in [1.54, 1.807) is 23.6 Å². The highest BCUT2D eigenvalue weighted by molar-refractivity contribution is 5.89. The average molecular weight is 359 g/mol. The molecule has 0 atom stereocenters. The topological polar surface area (TPSA) is 82.9 Å². The number of carbonyl (C=O) groups is 2. The molecule has 1 aromatic heterocycles. The van der Waals surface area contributed by atoms with Gasteiger partial charge in [-0.3, -0.25) is 0 Å². The minimum atomic E-state index is -0.497. The van der Waals surface area contributed by atoms with E-state index in [4.69, 9.17) is 14.2 Å². The summed E-state index contributed by atoms with van der Waals surface area (Å²) < 4.78 is 16.8. The lowest BCUT2D eigenvalue weighted by atomic mass is 10.1. The molecule has 0 spiro atoms. The molecule has 8 heteroatoms. The van der Waals surface area contributed by atoms with Crippen LogP contribution in [0.1, 0.15) is 28.7 Å². The fourth-order valence-corrected chi connectivity index (χ4v) is 3.00. The monoisotopic (exact) mass is 359 g/mol. The Morgan fingerprint density at radius 2 is 1.92 bits per heavy atom. The highest BCUT2D eigenvalue weighted by atomic mass is 16.5. The summed E-state index contributed by atoms with van der Waals surface area (Å²) in [5.41, 5.74) is 2.62. The zero-order valence-corrected chi connectivity index (χ0v) is 15.0. The first-order valence-electron chi connectivity index (χ1n) is 8.34. The number of carbonyl (C=O) groups excluding carboxylic acids is 2. The lowest BCUT2D eigenvalue weighted by Crippen LogP contribution is -2.36. The molecule has 0 saturated heterocycles. The van der Waals surface area contributed by atoms with Gasteiger partial charge in [0.15, 0.2) is 5.69 Å². The zero-order valence-electron chi connectivity index (χ0n) is 15.0. The first-order chi connectivity index (χ1) is 12.6. The van der Waals surface area contributed by atoms with E-state index in [0.717, 1.165) is 17.1 Å². The molecule has 0 radical (unpaired) electrons. The van der Waals surface area contributed by atoms with Crippen molar-refractivity contribution >= 4 is 12.1 Å². The van der Waals surface area contributed by atoms with Gasteiger partial charge in [0.2, 0.25) is 0 Å². The molecule has 0 unspecified atom stereocenters. The van der Waals surface area contributed by atoms with Crippen molar-refractivity contribution in [1.29, 1.82) is 0 Å². The quantitative estimate of drug-likeness (QED) is 0.778. The fourth-order valence-electron chi connectivity index (χ4n) is 3.00. The molecule has 1 aliphatic heterocycles. The van der Waals surface area contributed by atoms with E-state index < -0.39 is 12.1 Å². The molecular formula is C18H21N3O5. The summed E-state index contributed by atoms with van der Waals surface area (Å²) in [6, 6.07) is 7.40. The van der Waals surface area contributed by atoms with Crippen LogP contribution >= 0.6 is 0 Å². The van der Waals surface area contributed by atoms with Crippen LogP contribution in [0.3, 0.4) is 0 Å². The van der Waals surface area contributed by atoms with Crippen LogP contribution < -0.4 is 4.74 Å². The molecule has 1 amide bonds. The Balaban J connectivity index is 2.04. The maximum atomic E-state index is 12.4. The Morgan fingerprint density at radius 3 is 2.54 bits per heavy atom. The highest BCUT2D eigenvalue weighted by Crippen LogP contribution is 2.27. The predicted octanol–water partition coefficient (Wildman–Crippen LogP) is 2.18. The number of nitrogens with zero attached hydrogens (tertiary/aromatic N) is 3. The maximum Gasteiger partial charge on any atom is 0.409 e. The van der Waals surface area contributed by atoms with Crippen LogP contribution in [0.2, 0.25) is 0 Å². The van der Waals surface area contributed by atoms with Gasteiger partial charge in [0, 0.05) is 18.5 Å². The smallest absolute Gasteiger partial charge is 0.409 e. The molecule has 138 valence electrons. The third-order valence-corrected chi connectivity index (χ3v) is 4.28. The van der Waals surface area contributed by atoms with Crippen molar-refractivity contribution in [2.24, 2.45) is 0 Å². The van der Waals surface area contributed by atoms with E-state index in [9.17, 15) is 9.59 Å². The van der Waals surface area contributed by atoms with Gasteiger partial charge in [-0.05, 0) is 31.2 Å². The Labute approximate surface area is 151 Å². The summed E-state index contributed by atoms with van der Waals surface area (Å²) in [5.74, 6) is 0.236. The molecule has 8 nitrogen and oxygen atoms in total. The van der Waals surface area contributed by atoms with Gasteiger partial charge in [-0.15, -0.1) is 0 Å². The van der Waals surface area contributed by atoms with Crippen LogP contribution in [-0.2, 0) is 22.4 Å².